The highest BCUT2D eigenvalue weighted by Crippen LogP contribution is 2.33. The third-order valence-electron chi connectivity index (χ3n) is 5.32. The molecule has 1 heterocycles. The summed E-state index contributed by atoms with van der Waals surface area (Å²) in [6.07, 6.45) is 9.17. The molecule has 1 aliphatic rings. The van der Waals surface area contributed by atoms with Crippen molar-refractivity contribution in [3.63, 3.8) is 0 Å². The minimum Gasteiger partial charge on any atom is -0.497 e. The van der Waals surface area contributed by atoms with E-state index >= 15 is 0 Å². The van der Waals surface area contributed by atoms with Crippen LogP contribution in [0.4, 0.5) is 0 Å². The van der Waals surface area contributed by atoms with E-state index in [1.807, 2.05) is 38.2 Å². The summed E-state index contributed by atoms with van der Waals surface area (Å²) in [6.45, 7) is 4.00. The van der Waals surface area contributed by atoms with Crippen LogP contribution in [-0.4, -0.2) is 24.0 Å². The topological polar surface area (TPSA) is 54.1 Å². The van der Waals surface area contributed by atoms with Crippen molar-refractivity contribution < 1.29 is 9.53 Å². The highest BCUT2D eigenvalue weighted by atomic mass is 16.5. The number of fused-ring (bicyclic) bond motifs is 1. The number of H-pyrrole nitrogens is 1. The Morgan fingerprint density at radius 1 is 1.21 bits per heavy atom. The van der Waals surface area contributed by atoms with E-state index in [4.69, 9.17) is 4.74 Å². The zero-order valence-corrected chi connectivity index (χ0v) is 14.9. The summed E-state index contributed by atoms with van der Waals surface area (Å²) in [5, 5.41) is 4.35. The lowest BCUT2D eigenvalue weighted by Crippen LogP contribution is -2.45. The molecule has 1 amide bonds. The number of nitrogens with one attached hydrogen (secondary N) is 2. The Morgan fingerprint density at radius 3 is 2.58 bits per heavy atom. The Kier molecular flexibility index (Phi) is 4.83. The van der Waals surface area contributed by atoms with E-state index in [9.17, 15) is 4.79 Å². The van der Waals surface area contributed by atoms with E-state index in [2.05, 4.69) is 10.3 Å². The number of hydrogen-bond acceptors (Lipinski definition) is 2. The predicted octanol–water partition coefficient (Wildman–Crippen LogP) is 4.29. The maximum Gasteiger partial charge on any atom is 0.230 e. The smallest absolute Gasteiger partial charge is 0.230 e. The standard InChI is InChI=1S/C20H28N2O2/c1-20(2,19(23)22-14-8-6-4-5-7-9-14)17-13-21-18-11-10-15(24-3)12-16(17)18/h10-14,21H,4-9H2,1-3H3,(H,22,23). The zero-order valence-electron chi connectivity index (χ0n) is 14.9. The lowest BCUT2D eigenvalue weighted by molar-refractivity contribution is -0.126. The van der Waals surface area contributed by atoms with E-state index < -0.39 is 5.41 Å². The zero-order chi connectivity index (χ0) is 17.2. The average molecular weight is 328 g/mol. The fraction of sp³-hybridized carbons (Fsp3) is 0.550. The Bertz CT molecular complexity index is 709. The van der Waals surface area contributed by atoms with Crippen LogP contribution >= 0.6 is 0 Å². The Balaban J connectivity index is 1.84. The number of rotatable bonds is 4. The van der Waals surface area contributed by atoms with Gasteiger partial charge in [0, 0.05) is 23.1 Å². The van der Waals surface area contributed by atoms with Gasteiger partial charge in [-0.25, -0.2) is 0 Å². The van der Waals surface area contributed by atoms with Crippen LogP contribution in [-0.2, 0) is 10.2 Å². The van der Waals surface area contributed by atoms with Gasteiger partial charge in [0.25, 0.3) is 0 Å². The van der Waals surface area contributed by atoms with Crippen molar-refractivity contribution >= 4 is 16.8 Å². The van der Waals surface area contributed by atoms with Crippen LogP contribution in [0.15, 0.2) is 24.4 Å². The Hall–Kier alpha value is -1.97. The van der Waals surface area contributed by atoms with Crippen LogP contribution in [0.2, 0.25) is 0 Å². The number of amides is 1. The maximum absolute atomic E-state index is 13.0. The second kappa shape index (κ2) is 6.88. The van der Waals surface area contributed by atoms with Gasteiger partial charge in [0.05, 0.1) is 12.5 Å². The number of carbonyl (C=O) groups is 1. The molecule has 0 unspecified atom stereocenters. The lowest BCUT2D eigenvalue weighted by Gasteiger charge is -2.27. The van der Waals surface area contributed by atoms with Crippen molar-refractivity contribution in [1.29, 1.82) is 0 Å². The molecule has 1 aromatic carbocycles. The summed E-state index contributed by atoms with van der Waals surface area (Å²) in [5.41, 5.74) is 1.46. The molecule has 4 nitrogen and oxygen atoms in total. The van der Waals surface area contributed by atoms with Gasteiger partial charge >= 0.3 is 0 Å². The van der Waals surface area contributed by atoms with Gasteiger partial charge in [-0.05, 0) is 50.5 Å². The molecule has 1 saturated carbocycles. The van der Waals surface area contributed by atoms with Crippen molar-refractivity contribution in [3.05, 3.63) is 30.0 Å². The van der Waals surface area contributed by atoms with Gasteiger partial charge in [-0.1, -0.05) is 25.7 Å². The van der Waals surface area contributed by atoms with E-state index in [0.29, 0.717) is 6.04 Å². The van der Waals surface area contributed by atoms with Gasteiger partial charge in [-0.15, -0.1) is 0 Å². The van der Waals surface area contributed by atoms with Crippen LogP contribution in [0.25, 0.3) is 10.9 Å². The first-order valence-corrected chi connectivity index (χ1v) is 8.99. The fourth-order valence-corrected chi connectivity index (χ4v) is 3.66. The molecule has 2 aromatic rings. The minimum absolute atomic E-state index is 0.109. The van der Waals surface area contributed by atoms with Gasteiger partial charge in [-0.2, -0.15) is 0 Å². The van der Waals surface area contributed by atoms with E-state index in [-0.39, 0.29) is 5.91 Å². The van der Waals surface area contributed by atoms with Crippen molar-refractivity contribution in [1.82, 2.24) is 10.3 Å². The van der Waals surface area contributed by atoms with Crippen molar-refractivity contribution in [2.24, 2.45) is 0 Å². The van der Waals surface area contributed by atoms with Gasteiger partial charge in [-0.3, -0.25) is 4.79 Å². The Morgan fingerprint density at radius 2 is 1.92 bits per heavy atom. The first-order valence-electron chi connectivity index (χ1n) is 8.99. The van der Waals surface area contributed by atoms with Crippen molar-refractivity contribution in [3.8, 4) is 5.75 Å². The largest absolute Gasteiger partial charge is 0.497 e. The molecule has 0 saturated heterocycles. The number of aromatic amines is 1. The van der Waals surface area contributed by atoms with Crippen LogP contribution in [0, 0.1) is 0 Å². The maximum atomic E-state index is 13.0. The Labute approximate surface area is 144 Å². The van der Waals surface area contributed by atoms with Crippen LogP contribution in [0.3, 0.4) is 0 Å². The van der Waals surface area contributed by atoms with E-state index in [1.165, 1.54) is 25.7 Å². The molecule has 4 heteroatoms. The summed E-state index contributed by atoms with van der Waals surface area (Å²) in [5.74, 6) is 0.918. The lowest BCUT2D eigenvalue weighted by atomic mass is 9.83. The molecule has 0 spiro atoms. The summed E-state index contributed by atoms with van der Waals surface area (Å²) >= 11 is 0. The summed E-state index contributed by atoms with van der Waals surface area (Å²) in [4.78, 5) is 16.3. The highest BCUT2D eigenvalue weighted by Gasteiger charge is 2.33. The van der Waals surface area contributed by atoms with Gasteiger partial charge in [0.2, 0.25) is 5.91 Å². The average Bonchev–Trinajstić information content (AvgIpc) is 2.84. The van der Waals surface area contributed by atoms with Crippen LogP contribution in [0.1, 0.15) is 57.9 Å². The van der Waals surface area contributed by atoms with Crippen LogP contribution < -0.4 is 10.1 Å². The molecule has 1 aromatic heterocycles. The minimum atomic E-state index is -0.586. The second-order valence-electron chi connectivity index (χ2n) is 7.40. The van der Waals surface area contributed by atoms with Crippen molar-refractivity contribution in [2.45, 2.75) is 63.8 Å². The SMILES string of the molecule is COc1ccc2[nH]cc(C(C)(C)C(=O)NC3CCCCCC3)c2c1. The quantitative estimate of drug-likeness (QED) is 0.823. The molecule has 1 aliphatic carbocycles. The first-order chi connectivity index (χ1) is 11.5. The number of aromatic nitrogens is 1. The fourth-order valence-electron chi connectivity index (χ4n) is 3.66. The normalized spacial score (nSPS) is 16.8. The molecule has 3 rings (SSSR count). The second-order valence-corrected chi connectivity index (χ2v) is 7.40. The molecular formula is C20H28N2O2. The molecule has 24 heavy (non-hydrogen) atoms. The molecule has 0 bridgehead atoms. The van der Waals surface area contributed by atoms with Gasteiger partial charge < -0.3 is 15.0 Å². The summed E-state index contributed by atoms with van der Waals surface area (Å²) < 4.78 is 5.34. The molecule has 0 atom stereocenters. The predicted molar refractivity (Wildman–Crippen MR) is 97.5 cm³/mol. The van der Waals surface area contributed by atoms with Crippen LogP contribution in [0.5, 0.6) is 5.75 Å². The molecule has 0 radical (unpaired) electrons. The van der Waals surface area contributed by atoms with E-state index in [1.54, 1.807) is 7.11 Å². The third-order valence-corrected chi connectivity index (χ3v) is 5.32. The van der Waals surface area contributed by atoms with Gasteiger partial charge in [0.15, 0.2) is 0 Å². The highest BCUT2D eigenvalue weighted by molar-refractivity contribution is 5.95. The molecule has 2 N–H and O–H groups in total. The first kappa shape index (κ1) is 16.9. The number of methoxy groups -OCH3 is 1. The summed E-state index contributed by atoms with van der Waals surface area (Å²) in [7, 11) is 1.66. The molecular weight excluding hydrogens is 300 g/mol. The third kappa shape index (κ3) is 3.28. The molecule has 130 valence electrons. The number of carbonyl (C=O) groups excluding carboxylic acids is 1. The number of hydrogen-bond donors (Lipinski definition) is 2. The van der Waals surface area contributed by atoms with Gasteiger partial charge in [0.1, 0.15) is 5.75 Å². The van der Waals surface area contributed by atoms with Crippen molar-refractivity contribution in [2.75, 3.05) is 7.11 Å². The van der Waals surface area contributed by atoms with E-state index in [0.717, 1.165) is 35.1 Å². The number of benzene rings is 1. The number of ether oxygens (including phenoxy) is 1. The monoisotopic (exact) mass is 328 g/mol. The molecule has 0 aliphatic heterocycles. The summed E-state index contributed by atoms with van der Waals surface area (Å²) in [6, 6.07) is 6.25. The molecule has 1 fully saturated rings.